The zero-order valence-electron chi connectivity index (χ0n) is 15.5. The molecular weight excluding hydrogens is 364 g/mol. The molecule has 0 aromatic heterocycles. The lowest BCUT2D eigenvalue weighted by molar-refractivity contribution is -0.115. The van der Waals surface area contributed by atoms with Gasteiger partial charge in [-0.3, -0.25) is 4.79 Å². The van der Waals surface area contributed by atoms with Crippen LogP contribution in [0.3, 0.4) is 0 Å². The number of hydrogen-bond donors (Lipinski definition) is 1. The third kappa shape index (κ3) is 4.25. The van der Waals surface area contributed by atoms with Crippen molar-refractivity contribution in [2.45, 2.75) is 6.92 Å². The van der Waals surface area contributed by atoms with Crippen LogP contribution in [0.5, 0.6) is 17.2 Å². The summed E-state index contributed by atoms with van der Waals surface area (Å²) in [6.07, 6.45) is 1.75. The number of carbonyl (C=O) groups is 1. The summed E-state index contributed by atoms with van der Waals surface area (Å²) < 4.78 is 16.0. The summed E-state index contributed by atoms with van der Waals surface area (Å²) in [5.74, 6) is 1.49. The number of aliphatic imine (C=N–C) groups is 1. The van der Waals surface area contributed by atoms with Gasteiger partial charge in [0.05, 0.1) is 31.9 Å². The smallest absolute Gasteiger partial charge is 0.264 e. The summed E-state index contributed by atoms with van der Waals surface area (Å²) in [6.45, 7) is 2.01. The number of aryl methyl sites for hydroxylation is 1. The fraction of sp³-hybridized carbons (Fsp3) is 0.200. The zero-order chi connectivity index (χ0) is 19.4. The normalized spacial score (nSPS) is 16.5. The number of amidine groups is 1. The van der Waals surface area contributed by atoms with Gasteiger partial charge in [0.1, 0.15) is 5.75 Å². The summed E-state index contributed by atoms with van der Waals surface area (Å²) in [5, 5.41) is 3.32. The Morgan fingerprint density at radius 3 is 2.22 bits per heavy atom. The van der Waals surface area contributed by atoms with Gasteiger partial charge >= 0.3 is 0 Å². The maximum atomic E-state index is 12.3. The van der Waals surface area contributed by atoms with E-state index in [4.69, 9.17) is 14.2 Å². The average Bonchev–Trinajstić information content (AvgIpc) is 3.02. The second-order valence-corrected chi connectivity index (χ2v) is 6.80. The molecule has 2 aromatic rings. The van der Waals surface area contributed by atoms with Crippen LogP contribution < -0.4 is 19.5 Å². The summed E-state index contributed by atoms with van der Waals surface area (Å²) >= 11 is 1.28. The van der Waals surface area contributed by atoms with Gasteiger partial charge in [0.2, 0.25) is 0 Å². The topological polar surface area (TPSA) is 69.2 Å². The molecule has 6 nitrogen and oxygen atoms in total. The van der Waals surface area contributed by atoms with Gasteiger partial charge in [0.15, 0.2) is 16.7 Å². The van der Waals surface area contributed by atoms with Crippen molar-refractivity contribution >= 4 is 34.6 Å². The second-order valence-electron chi connectivity index (χ2n) is 5.77. The van der Waals surface area contributed by atoms with Gasteiger partial charge in [-0.15, -0.1) is 0 Å². The number of nitrogens with zero attached hydrogens (tertiary/aromatic N) is 1. The van der Waals surface area contributed by atoms with Crippen molar-refractivity contribution in [2.24, 2.45) is 4.99 Å². The minimum atomic E-state index is -0.206. The first-order chi connectivity index (χ1) is 13.0. The van der Waals surface area contributed by atoms with E-state index in [9.17, 15) is 4.79 Å². The predicted molar refractivity (Wildman–Crippen MR) is 108 cm³/mol. The summed E-state index contributed by atoms with van der Waals surface area (Å²) in [6, 6.07) is 11.3. The largest absolute Gasteiger partial charge is 0.496 e. The number of methoxy groups -OCH3 is 3. The van der Waals surface area contributed by atoms with Gasteiger partial charge in [0.25, 0.3) is 5.91 Å². The van der Waals surface area contributed by atoms with Crippen molar-refractivity contribution in [1.82, 2.24) is 5.32 Å². The van der Waals surface area contributed by atoms with Crippen LogP contribution in [-0.4, -0.2) is 32.4 Å². The Hall–Kier alpha value is -2.93. The standard InChI is InChI=1S/C20H20N2O4S/c1-12-5-7-14(8-6-12)21-20-22-19(23)18(27-20)10-13-9-16(25-3)17(26-4)11-15(13)24-2/h5-11H,1-4H3,(H,21,22,23)/b18-10+. The highest BCUT2D eigenvalue weighted by molar-refractivity contribution is 8.18. The van der Waals surface area contributed by atoms with Gasteiger partial charge in [0, 0.05) is 11.6 Å². The highest BCUT2D eigenvalue weighted by Crippen LogP contribution is 2.37. The van der Waals surface area contributed by atoms with Gasteiger partial charge < -0.3 is 19.5 Å². The third-order valence-electron chi connectivity index (χ3n) is 3.94. The number of rotatable bonds is 5. The highest BCUT2D eigenvalue weighted by atomic mass is 32.2. The van der Waals surface area contributed by atoms with Crippen molar-refractivity contribution in [1.29, 1.82) is 0 Å². The molecule has 1 fully saturated rings. The molecule has 1 saturated heterocycles. The first-order valence-electron chi connectivity index (χ1n) is 8.20. The molecule has 3 rings (SSSR count). The van der Waals surface area contributed by atoms with Gasteiger partial charge in [-0.25, -0.2) is 4.99 Å². The average molecular weight is 384 g/mol. The molecule has 1 heterocycles. The number of thioether (sulfide) groups is 1. The van der Waals surface area contributed by atoms with Gasteiger partial charge in [-0.2, -0.15) is 0 Å². The second kappa shape index (κ2) is 8.18. The molecule has 140 valence electrons. The van der Waals surface area contributed by atoms with Crippen LogP contribution in [-0.2, 0) is 4.79 Å². The molecule has 0 atom stereocenters. The van der Waals surface area contributed by atoms with Crippen molar-refractivity contribution in [3.05, 3.63) is 52.4 Å². The van der Waals surface area contributed by atoms with Crippen molar-refractivity contribution < 1.29 is 19.0 Å². The van der Waals surface area contributed by atoms with E-state index < -0.39 is 0 Å². The fourth-order valence-corrected chi connectivity index (χ4v) is 3.36. The SMILES string of the molecule is COc1cc(OC)c(OC)cc1/C=C1/SC(=Nc2ccc(C)cc2)NC1=O. The summed E-state index contributed by atoms with van der Waals surface area (Å²) in [7, 11) is 4.68. The van der Waals surface area contributed by atoms with E-state index in [0.29, 0.717) is 32.9 Å². The van der Waals surface area contributed by atoms with Crippen LogP contribution >= 0.6 is 11.8 Å². The minimum absolute atomic E-state index is 0.206. The monoisotopic (exact) mass is 384 g/mol. The quantitative estimate of drug-likeness (QED) is 0.792. The highest BCUT2D eigenvalue weighted by Gasteiger charge is 2.24. The van der Waals surface area contributed by atoms with Crippen molar-refractivity contribution in [3.63, 3.8) is 0 Å². The van der Waals surface area contributed by atoms with E-state index in [-0.39, 0.29) is 5.91 Å². The van der Waals surface area contributed by atoms with Crippen LogP contribution in [0.2, 0.25) is 0 Å². The molecule has 0 aliphatic carbocycles. The molecule has 27 heavy (non-hydrogen) atoms. The Morgan fingerprint density at radius 1 is 0.963 bits per heavy atom. The van der Waals surface area contributed by atoms with E-state index in [1.165, 1.54) is 11.8 Å². The lowest BCUT2D eigenvalue weighted by atomic mass is 10.1. The summed E-state index contributed by atoms with van der Waals surface area (Å²) in [4.78, 5) is 17.3. The van der Waals surface area contributed by atoms with E-state index in [1.54, 1.807) is 39.5 Å². The van der Waals surface area contributed by atoms with Crippen LogP contribution in [0.25, 0.3) is 6.08 Å². The Morgan fingerprint density at radius 2 is 1.59 bits per heavy atom. The van der Waals surface area contributed by atoms with Crippen LogP contribution in [0.1, 0.15) is 11.1 Å². The predicted octanol–water partition coefficient (Wildman–Crippen LogP) is 3.91. The van der Waals surface area contributed by atoms with Crippen molar-refractivity contribution in [2.75, 3.05) is 21.3 Å². The molecule has 1 aliphatic rings. The lowest BCUT2D eigenvalue weighted by Gasteiger charge is -2.12. The first kappa shape index (κ1) is 18.8. The Labute approximate surface area is 162 Å². The molecule has 1 N–H and O–H groups in total. The van der Waals surface area contributed by atoms with Crippen LogP contribution in [0, 0.1) is 6.92 Å². The molecule has 0 unspecified atom stereocenters. The summed E-state index contributed by atoms with van der Waals surface area (Å²) in [5.41, 5.74) is 2.65. The Bertz CT molecular complexity index is 920. The molecule has 0 bridgehead atoms. The molecule has 7 heteroatoms. The Kier molecular flexibility index (Phi) is 5.71. The maximum Gasteiger partial charge on any atom is 0.264 e. The number of carbonyl (C=O) groups excluding carboxylic acids is 1. The molecule has 1 amide bonds. The number of nitrogens with one attached hydrogen (secondary N) is 1. The number of hydrogen-bond acceptors (Lipinski definition) is 6. The molecule has 1 aliphatic heterocycles. The fourth-order valence-electron chi connectivity index (χ4n) is 2.52. The number of benzene rings is 2. The van der Waals surface area contributed by atoms with E-state index in [1.807, 2.05) is 31.2 Å². The van der Waals surface area contributed by atoms with E-state index in [0.717, 1.165) is 11.3 Å². The molecular formula is C20H20N2O4S. The van der Waals surface area contributed by atoms with Crippen LogP contribution in [0.15, 0.2) is 46.3 Å². The van der Waals surface area contributed by atoms with Gasteiger partial charge in [-0.1, -0.05) is 17.7 Å². The van der Waals surface area contributed by atoms with E-state index >= 15 is 0 Å². The van der Waals surface area contributed by atoms with Gasteiger partial charge in [-0.05, 0) is 43.0 Å². The Balaban J connectivity index is 1.91. The van der Waals surface area contributed by atoms with E-state index in [2.05, 4.69) is 10.3 Å². The third-order valence-corrected chi connectivity index (χ3v) is 4.85. The minimum Gasteiger partial charge on any atom is -0.496 e. The van der Waals surface area contributed by atoms with Crippen molar-refractivity contribution in [3.8, 4) is 17.2 Å². The van der Waals surface area contributed by atoms with Crippen LogP contribution in [0.4, 0.5) is 5.69 Å². The first-order valence-corrected chi connectivity index (χ1v) is 9.02. The maximum absolute atomic E-state index is 12.3. The molecule has 0 spiro atoms. The lowest BCUT2D eigenvalue weighted by Crippen LogP contribution is -2.19. The molecule has 2 aromatic carbocycles. The number of amides is 1. The molecule has 0 saturated carbocycles. The zero-order valence-corrected chi connectivity index (χ0v) is 16.3. The number of ether oxygens (including phenoxy) is 3. The molecule has 0 radical (unpaired) electrons.